The molecule has 1 fully saturated rings. The van der Waals surface area contributed by atoms with Crippen LogP contribution in [0.25, 0.3) is 0 Å². The van der Waals surface area contributed by atoms with E-state index in [1.807, 2.05) is 24.3 Å². The molecule has 2 N–H and O–H groups in total. The maximum Gasteiger partial charge on any atom is 0.244 e. The minimum atomic E-state index is 0.254. The number of nitrogens with zero attached hydrogens (tertiary/aromatic N) is 3. The molecule has 8 nitrogen and oxygen atoms in total. The van der Waals surface area contributed by atoms with Crippen LogP contribution in [0.1, 0.15) is 12.8 Å². The maximum atomic E-state index is 5.65. The number of benzene rings is 1. The topological polar surface area (TPSA) is 90.4 Å². The summed E-state index contributed by atoms with van der Waals surface area (Å²) < 4.78 is 16.3. The van der Waals surface area contributed by atoms with Gasteiger partial charge in [0.1, 0.15) is 18.1 Å². The lowest BCUT2D eigenvalue weighted by atomic mass is 10.2. The van der Waals surface area contributed by atoms with Crippen LogP contribution in [0, 0.1) is 0 Å². The first-order valence-corrected chi connectivity index (χ1v) is 8.39. The number of hydrogen-bond donors (Lipinski definition) is 2. The van der Waals surface area contributed by atoms with Gasteiger partial charge in [0, 0.05) is 13.2 Å². The fourth-order valence-electron chi connectivity index (χ4n) is 2.49. The molecule has 1 aromatic carbocycles. The van der Waals surface area contributed by atoms with Crippen molar-refractivity contribution >= 4 is 11.8 Å². The molecule has 1 aliphatic heterocycles. The molecule has 8 heteroatoms. The Morgan fingerprint density at radius 1 is 1.20 bits per heavy atom. The maximum absolute atomic E-state index is 5.65. The summed E-state index contributed by atoms with van der Waals surface area (Å²) in [5.74, 6) is 2.74. The lowest BCUT2D eigenvalue weighted by molar-refractivity contribution is 0.120. The Morgan fingerprint density at radius 3 is 2.80 bits per heavy atom. The van der Waals surface area contributed by atoms with Crippen LogP contribution < -0.4 is 20.1 Å². The largest absolute Gasteiger partial charge is 0.497 e. The van der Waals surface area contributed by atoms with E-state index in [9.17, 15) is 0 Å². The summed E-state index contributed by atoms with van der Waals surface area (Å²) in [6.07, 6.45) is 4.06. The molecule has 1 saturated heterocycles. The predicted molar refractivity (Wildman–Crippen MR) is 94.3 cm³/mol. The summed E-state index contributed by atoms with van der Waals surface area (Å²) >= 11 is 0. The first kappa shape index (κ1) is 17.2. The molecule has 3 rings (SSSR count). The molecular weight excluding hydrogens is 322 g/mol. The van der Waals surface area contributed by atoms with Crippen LogP contribution in [-0.4, -0.2) is 54.7 Å². The highest BCUT2D eigenvalue weighted by Crippen LogP contribution is 2.17. The molecule has 0 aliphatic carbocycles. The standard InChI is InChI=1S/C17H23N5O3/c1-23-13-4-6-14(7-5-13)25-10-8-18-17-21-16(12-20-22-17)19-11-15-3-2-9-24-15/h4-7,12,15H,2-3,8-11H2,1H3,(H2,18,19,21,22). The number of aromatic nitrogens is 3. The Labute approximate surface area is 146 Å². The number of hydrogen-bond acceptors (Lipinski definition) is 8. The van der Waals surface area contributed by atoms with E-state index in [-0.39, 0.29) is 6.10 Å². The predicted octanol–water partition coefficient (Wildman–Crippen LogP) is 1.96. The first-order valence-electron chi connectivity index (χ1n) is 8.39. The van der Waals surface area contributed by atoms with Crippen LogP contribution in [0.3, 0.4) is 0 Å². The third-order valence-electron chi connectivity index (χ3n) is 3.81. The molecule has 0 amide bonds. The molecule has 1 aliphatic rings. The normalized spacial score (nSPS) is 16.4. The smallest absolute Gasteiger partial charge is 0.244 e. The molecule has 1 aromatic heterocycles. The van der Waals surface area contributed by atoms with Gasteiger partial charge in [0.15, 0.2) is 5.82 Å². The summed E-state index contributed by atoms with van der Waals surface area (Å²) in [4.78, 5) is 4.38. The lowest BCUT2D eigenvalue weighted by Crippen LogP contribution is -2.20. The highest BCUT2D eigenvalue weighted by molar-refractivity contribution is 5.37. The number of methoxy groups -OCH3 is 1. The van der Waals surface area contributed by atoms with E-state index < -0.39 is 0 Å². The van der Waals surface area contributed by atoms with Crippen LogP contribution in [-0.2, 0) is 4.74 Å². The average molecular weight is 345 g/mol. The average Bonchev–Trinajstić information content (AvgIpc) is 3.18. The molecule has 0 bridgehead atoms. The van der Waals surface area contributed by atoms with Crippen molar-refractivity contribution in [1.29, 1.82) is 0 Å². The Balaban J connectivity index is 1.39. The van der Waals surface area contributed by atoms with E-state index in [4.69, 9.17) is 14.2 Å². The molecular formula is C17H23N5O3. The van der Waals surface area contributed by atoms with E-state index >= 15 is 0 Å². The fourth-order valence-corrected chi connectivity index (χ4v) is 2.49. The van der Waals surface area contributed by atoms with Crippen molar-refractivity contribution in [3.8, 4) is 11.5 Å². The highest BCUT2D eigenvalue weighted by atomic mass is 16.5. The third-order valence-corrected chi connectivity index (χ3v) is 3.81. The van der Waals surface area contributed by atoms with Crippen LogP contribution in [0.5, 0.6) is 11.5 Å². The van der Waals surface area contributed by atoms with Gasteiger partial charge in [-0.3, -0.25) is 0 Å². The third kappa shape index (κ3) is 5.46. The van der Waals surface area contributed by atoms with Gasteiger partial charge in [-0.05, 0) is 37.1 Å². The van der Waals surface area contributed by atoms with Gasteiger partial charge in [-0.15, -0.1) is 5.10 Å². The number of nitrogens with one attached hydrogen (secondary N) is 2. The van der Waals surface area contributed by atoms with Crippen molar-refractivity contribution in [2.75, 3.05) is 44.0 Å². The molecule has 25 heavy (non-hydrogen) atoms. The Kier molecular flexibility index (Phi) is 6.22. The second-order valence-corrected chi connectivity index (χ2v) is 5.63. The van der Waals surface area contributed by atoms with Gasteiger partial charge in [-0.2, -0.15) is 10.1 Å². The first-order chi connectivity index (χ1) is 12.3. The minimum absolute atomic E-state index is 0.254. The summed E-state index contributed by atoms with van der Waals surface area (Å²) in [6.45, 7) is 2.64. The molecule has 0 saturated carbocycles. The lowest BCUT2D eigenvalue weighted by Gasteiger charge is -2.11. The Bertz CT molecular complexity index is 647. The van der Waals surface area contributed by atoms with Gasteiger partial charge in [0.2, 0.25) is 5.95 Å². The van der Waals surface area contributed by atoms with Crippen molar-refractivity contribution in [3.63, 3.8) is 0 Å². The van der Waals surface area contributed by atoms with Crippen molar-refractivity contribution in [2.45, 2.75) is 18.9 Å². The monoisotopic (exact) mass is 345 g/mol. The fraction of sp³-hybridized carbons (Fsp3) is 0.471. The van der Waals surface area contributed by atoms with Crippen LogP contribution in [0.2, 0.25) is 0 Å². The Morgan fingerprint density at radius 2 is 2.04 bits per heavy atom. The number of anilines is 2. The minimum Gasteiger partial charge on any atom is -0.497 e. The zero-order chi connectivity index (χ0) is 17.3. The number of rotatable bonds is 9. The molecule has 2 heterocycles. The SMILES string of the molecule is COc1ccc(OCCNc2nncc(NCC3CCCO3)n2)cc1. The van der Waals surface area contributed by atoms with Crippen LogP contribution in [0.15, 0.2) is 30.5 Å². The van der Waals surface area contributed by atoms with Gasteiger partial charge < -0.3 is 24.8 Å². The summed E-state index contributed by atoms with van der Waals surface area (Å²) in [6, 6.07) is 7.46. The van der Waals surface area contributed by atoms with Gasteiger partial charge in [0.05, 0.1) is 26.0 Å². The molecule has 0 radical (unpaired) electrons. The number of ether oxygens (including phenoxy) is 3. The molecule has 1 atom stereocenters. The second kappa shape index (κ2) is 9.03. The van der Waals surface area contributed by atoms with Crippen molar-refractivity contribution in [1.82, 2.24) is 15.2 Å². The molecule has 134 valence electrons. The van der Waals surface area contributed by atoms with Gasteiger partial charge in [-0.25, -0.2) is 0 Å². The van der Waals surface area contributed by atoms with Crippen LogP contribution >= 0.6 is 0 Å². The highest BCUT2D eigenvalue weighted by Gasteiger charge is 2.15. The van der Waals surface area contributed by atoms with Crippen LogP contribution in [0.4, 0.5) is 11.8 Å². The van der Waals surface area contributed by atoms with E-state index in [1.54, 1.807) is 13.3 Å². The van der Waals surface area contributed by atoms with E-state index in [0.717, 1.165) is 37.5 Å². The molecule has 1 unspecified atom stereocenters. The zero-order valence-corrected chi connectivity index (χ0v) is 14.3. The molecule has 0 spiro atoms. The molecule has 2 aromatic rings. The van der Waals surface area contributed by atoms with E-state index in [0.29, 0.717) is 24.9 Å². The summed E-state index contributed by atoms with van der Waals surface area (Å²) in [7, 11) is 1.64. The quantitative estimate of drug-likeness (QED) is 0.667. The van der Waals surface area contributed by atoms with Crippen molar-refractivity contribution < 1.29 is 14.2 Å². The summed E-state index contributed by atoms with van der Waals surface area (Å²) in [5, 5.41) is 14.3. The van der Waals surface area contributed by atoms with Gasteiger partial charge >= 0.3 is 0 Å². The van der Waals surface area contributed by atoms with Crippen molar-refractivity contribution in [2.24, 2.45) is 0 Å². The van der Waals surface area contributed by atoms with E-state index in [1.165, 1.54) is 0 Å². The van der Waals surface area contributed by atoms with Crippen molar-refractivity contribution in [3.05, 3.63) is 30.5 Å². The Hall–Kier alpha value is -2.61. The summed E-state index contributed by atoms with van der Waals surface area (Å²) in [5.41, 5.74) is 0. The van der Waals surface area contributed by atoms with E-state index in [2.05, 4.69) is 25.8 Å². The second-order valence-electron chi connectivity index (χ2n) is 5.63. The zero-order valence-electron chi connectivity index (χ0n) is 14.3. The van der Waals surface area contributed by atoms with Gasteiger partial charge in [0.25, 0.3) is 0 Å². The van der Waals surface area contributed by atoms with Gasteiger partial charge in [-0.1, -0.05) is 0 Å².